The maximum atomic E-state index is 13.8. The van der Waals surface area contributed by atoms with Crippen LogP contribution >= 0.6 is 15.9 Å². The number of benzene rings is 3. The quantitative estimate of drug-likeness (QED) is 0.0691. The molecule has 0 saturated carbocycles. The minimum atomic E-state index is -0.271. The summed E-state index contributed by atoms with van der Waals surface area (Å²) in [7, 11) is 3.98. The van der Waals surface area contributed by atoms with Gasteiger partial charge in [0.2, 0.25) is 0 Å². The van der Waals surface area contributed by atoms with E-state index >= 15 is 0 Å². The summed E-state index contributed by atoms with van der Waals surface area (Å²) in [6.07, 6.45) is 4.21. The van der Waals surface area contributed by atoms with Crippen molar-refractivity contribution in [1.29, 1.82) is 0 Å². The smallest absolute Gasteiger partial charge is 0.355 e. The van der Waals surface area contributed by atoms with Crippen molar-refractivity contribution >= 4 is 43.6 Å². The van der Waals surface area contributed by atoms with E-state index in [9.17, 15) is 4.79 Å². The molecular weight excluding hydrogens is 628 g/mol. The average Bonchev–Trinajstić information content (AvgIpc) is 3.52. The predicted octanol–water partition coefficient (Wildman–Crippen LogP) is 8.15. The third kappa shape index (κ3) is 6.68. The number of alkyl halides is 1. The summed E-state index contributed by atoms with van der Waals surface area (Å²) in [5.74, 6) is 0.612. The van der Waals surface area contributed by atoms with E-state index in [1.165, 1.54) is 11.1 Å². The van der Waals surface area contributed by atoms with Gasteiger partial charge >= 0.3 is 5.97 Å². The number of nitrogens with one attached hydrogen (secondary N) is 1. The summed E-state index contributed by atoms with van der Waals surface area (Å²) in [5.41, 5.74) is 8.50. The molecule has 1 N–H and O–H groups in total. The summed E-state index contributed by atoms with van der Waals surface area (Å²) < 4.78 is 16.3. The molecule has 7 nitrogen and oxygen atoms in total. The number of aryl methyl sites for hydroxylation is 5. The second-order valence-corrected chi connectivity index (χ2v) is 12.1. The molecule has 3 aromatic carbocycles. The van der Waals surface area contributed by atoms with E-state index in [1.807, 2.05) is 50.0 Å². The van der Waals surface area contributed by atoms with Crippen molar-refractivity contribution in [2.75, 3.05) is 26.8 Å². The van der Waals surface area contributed by atoms with Crippen molar-refractivity contribution in [1.82, 2.24) is 19.7 Å². The molecule has 0 fully saturated rings. The highest BCUT2D eigenvalue weighted by atomic mass is 79.9. The van der Waals surface area contributed by atoms with Crippen LogP contribution in [0.5, 0.6) is 5.75 Å². The molecule has 0 radical (unpaired) electrons. The third-order valence-electron chi connectivity index (χ3n) is 8.49. The van der Waals surface area contributed by atoms with Gasteiger partial charge in [-0.25, -0.2) is 4.79 Å². The number of esters is 1. The molecule has 45 heavy (non-hydrogen) atoms. The van der Waals surface area contributed by atoms with Crippen LogP contribution in [0.3, 0.4) is 0 Å². The Morgan fingerprint density at radius 3 is 2.53 bits per heavy atom. The maximum Gasteiger partial charge on any atom is 0.355 e. The number of fused-ring (bicyclic) bond motifs is 2. The molecule has 5 aromatic rings. The number of carbonyl (C=O) groups is 1. The van der Waals surface area contributed by atoms with Gasteiger partial charge in [0, 0.05) is 40.8 Å². The van der Waals surface area contributed by atoms with Gasteiger partial charge in [0.05, 0.1) is 30.1 Å². The predicted molar refractivity (Wildman–Crippen MR) is 188 cm³/mol. The molecule has 0 aliphatic rings. The highest BCUT2D eigenvalue weighted by Crippen LogP contribution is 2.41. The van der Waals surface area contributed by atoms with Crippen molar-refractivity contribution in [3.8, 4) is 16.9 Å². The Kier molecular flexibility index (Phi) is 11.0. The van der Waals surface area contributed by atoms with Crippen molar-refractivity contribution in [2.45, 2.75) is 64.8 Å². The van der Waals surface area contributed by atoms with E-state index in [-0.39, 0.29) is 5.97 Å². The number of aromatic nitrogens is 3. The molecule has 2 heterocycles. The molecule has 8 heteroatoms. The first-order chi connectivity index (χ1) is 21.9. The lowest BCUT2D eigenvalue weighted by Gasteiger charge is -2.16. The molecule has 0 bridgehead atoms. The second-order valence-electron chi connectivity index (χ2n) is 11.5. The fourth-order valence-electron chi connectivity index (χ4n) is 6.48. The van der Waals surface area contributed by atoms with Gasteiger partial charge in [-0.05, 0) is 75.7 Å². The maximum absolute atomic E-state index is 13.8. The highest BCUT2D eigenvalue weighted by Gasteiger charge is 2.29. The van der Waals surface area contributed by atoms with Crippen molar-refractivity contribution in [3.05, 3.63) is 82.8 Å². The fourth-order valence-corrected chi connectivity index (χ4v) is 7.13. The Morgan fingerprint density at radius 1 is 0.978 bits per heavy atom. The zero-order chi connectivity index (χ0) is 31.9. The Morgan fingerprint density at radius 2 is 1.78 bits per heavy atom. The molecule has 0 atom stereocenters. The van der Waals surface area contributed by atoms with Crippen LogP contribution in [0.25, 0.3) is 32.8 Å². The van der Waals surface area contributed by atoms with Crippen LogP contribution in [0.15, 0.2) is 54.6 Å². The standard InChI is InChI=1S/C37H45BrN4O3/c1-6-13-30-34(31(24-38)41(5)40-30)33-25(3)19-20-29-28(36(37(43)44-7-2)42(35(29)33)22-12-21-39-4)17-11-23-45-32-18-10-15-26-14-8-9-16-27(26)32/h8-10,14-16,18-20,39H,6-7,11-13,17,21-24H2,1-5H3. The summed E-state index contributed by atoms with van der Waals surface area (Å²) in [6, 6.07) is 18.8. The molecule has 2 aromatic heterocycles. The lowest BCUT2D eigenvalue weighted by Crippen LogP contribution is -2.17. The number of carbonyl (C=O) groups excluding carboxylic acids is 1. The van der Waals surface area contributed by atoms with E-state index in [4.69, 9.17) is 14.6 Å². The van der Waals surface area contributed by atoms with Gasteiger partial charge in [0.1, 0.15) is 11.4 Å². The Labute approximate surface area is 275 Å². The van der Waals surface area contributed by atoms with E-state index in [0.717, 1.165) is 82.2 Å². The van der Waals surface area contributed by atoms with Gasteiger partial charge in [-0.1, -0.05) is 77.8 Å². The lowest BCUT2D eigenvalue weighted by atomic mass is 9.93. The number of nitrogens with zero attached hydrogens (tertiary/aromatic N) is 3. The summed E-state index contributed by atoms with van der Waals surface area (Å²) in [6.45, 7) is 8.63. The topological polar surface area (TPSA) is 70.3 Å². The Bertz CT molecular complexity index is 1780. The molecule has 5 rings (SSSR count). The van der Waals surface area contributed by atoms with Crippen LogP contribution in [-0.2, 0) is 36.5 Å². The number of halogens is 1. The van der Waals surface area contributed by atoms with Gasteiger partial charge in [0.25, 0.3) is 0 Å². The van der Waals surface area contributed by atoms with Crippen LogP contribution in [0.1, 0.15) is 66.1 Å². The Hall–Kier alpha value is -3.62. The van der Waals surface area contributed by atoms with Crippen LogP contribution in [0.2, 0.25) is 0 Å². The molecule has 0 aliphatic carbocycles. The summed E-state index contributed by atoms with van der Waals surface area (Å²) in [4.78, 5) is 13.8. The molecule has 0 spiro atoms. The minimum Gasteiger partial charge on any atom is -0.493 e. The van der Waals surface area contributed by atoms with Crippen LogP contribution in [0, 0.1) is 6.92 Å². The third-order valence-corrected chi connectivity index (χ3v) is 9.03. The van der Waals surface area contributed by atoms with Gasteiger partial charge in [0.15, 0.2) is 0 Å². The van der Waals surface area contributed by atoms with E-state index in [1.54, 1.807) is 0 Å². The van der Waals surface area contributed by atoms with Crippen molar-refractivity contribution in [2.24, 2.45) is 7.05 Å². The number of rotatable bonds is 15. The average molecular weight is 674 g/mol. The minimum absolute atomic E-state index is 0.271. The first-order valence-electron chi connectivity index (χ1n) is 16.1. The molecular formula is C37H45BrN4O3. The number of ether oxygens (including phenoxy) is 2. The van der Waals surface area contributed by atoms with Crippen LogP contribution in [0.4, 0.5) is 0 Å². The highest BCUT2D eigenvalue weighted by molar-refractivity contribution is 9.08. The van der Waals surface area contributed by atoms with Crippen molar-refractivity contribution < 1.29 is 14.3 Å². The molecule has 238 valence electrons. The summed E-state index contributed by atoms with van der Waals surface area (Å²) >= 11 is 3.76. The Balaban J connectivity index is 1.63. The molecule has 0 aliphatic heterocycles. The van der Waals surface area contributed by atoms with Gasteiger partial charge < -0.3 is 19.4 Å². The molecule has 0 amide bonds. The largest absolute Gasteiger partial charge is 0.493 e. The van der Waals surface area contributed by atoms with E-state index in [2.05, 4.69) is 70.0 Å². The van der Waals surface area contributed by atoms with Crippen molar-refractivity contribution in [3.63, 3.8) is 0 Å². The monoisotopic (exact) mass is 672 g/mol. The fraction of sp³-hybridized carbons (Fsp3) is 0.405. The van der Waals surface area contributed by atoms with Gasteiger partial charge in [-0.15, -0.1) is 0 Å². The first-order valence-corrected chi connectivity index (χ1v) is 17.2. The lowest BCUT2D eigenvalue weighted by molar-refractivity contribution is 0.0512. The zero-order valence-electron chi connectivity index (χ0n) is 27.2. The van der Waals surface area contributed by atoms with Gasteiger partial charge in [-0.3, -0.25) is 4.68 Å². The van der Waals surface area contributed by atoms with Gasteiger partial charge in [-0.2, -0.15) is 5.10 Å². The number of hydrogen-bond donors (Lipinski definition) is 1. The van der Waals surface area contributed by atoms with Crippen LogP contribution < -0.4 is 10.1 Å². The first kappa shape index (κ1) is 32.8. The van der Waals surface area contributed by atoms with Crippen LogP contribution in [-0.4, -0.2) is 47.1 Å². The zero-order valence-corrected chi connectivity index (χ0v) is 28.8. The van der Waals surface area contributed by atoms with E-state index < -0.39 is 0 Å². The normalized spacial score (nSPS) is 11.5. The molecule has 0 saturated heterocycles. The SMILES string of the molecule is CCCc1nn(C)c(CBr)c1-c1c(C)ccc2c(CCCOc3cccc4ccccc34)c(C(=O)OCC)n(CCCNC)c12. The second kappa shape index (κ2) is 15.1. The number of hydrogen-bond acceptors (Lipinski definition) is 5. The molecule has 0 unspecified atom stereocenters. The van der Waals surface area contributed by atoms with E-state index in [0.29, 0.717) is 37.2 Å². The summed E-state index contributed by atoms with van der Waals surface area (Å²) in [5, 5.41) is 12.3.